The van der Waals surface area contributed by atoms with Gasteiger partial charge in [-0.1, -0.05) is 13.8 Å². The minimum Gasteiger partial charge on any atom is -1.00 e. The molecule has 0 radical (unpaired) electrons. The minimum absolute atomic E-state index is 0. The molecule has 0 aliphatic heterocycles. The third-order valence-corrected chi connectivity index (χ3v) is 2.00. The molecule has 0 amide bonds. The predicted molar refractivity (Wildman–Crippen MR) is 49.1 cm³/mol. The molecule has 0 atom stereocenters. The first-order chi connectivity index (χ1) is 5.70. The smallest absolute Gasteiger partial charge is 1.00 e. The van der Waals surface area contributed by atoms with Gasteiger partial charge in [-0.3, -0.25) is 9.59 Å². The van der Waals surface area contributed by atoms with Crippen LogP contribution in [0, 0.1) is 0 Å². The molecule has 0 rings (SSSR count). The Morgan fingerprint density at radius 2 is 1.38 bits per heavy atom. The summed E-state index contributed by atoms with van der Waals surface area (Å²) in [6.45, 7) is 3.37. The number of rotatable bonds is 5. The van der Waals surface area contributed by atoms with Crippen LogP contribution in [0.4, 0.5) is 0 Å². The fourth-order valence-electron chi connectivity index (χ4n) is 0.222. The molecule has 0 saturated heterocycles. The third kappa shape index (κ3) is 10.6. The Kier molecular flexibility index (Phi) is 13.3. The maximum absolute atomic E-state index is 10.5. The molecule has 0 heterocycles. The van der Waals surface area contributed by atoms with Crippen LogP contribution in [0.2, 0.25) is 0 Å². The molecule has 0 aromatic rings. The van der Waals surface area contributed by atoms with Gasteiger partial charge >= 0.3 is 41.5 Å². The van der Waals surface area contributed by atoms with Crippen LogP contribution in [0.15, 0.2) is 0 Å². The summed E-state index contributed by atoms with van der Waals surface area (Å²) in [5, 5.41) is 0. The topological polar surface area (TPSA) is 52.6 Å². The molecule has 13 heavy (non-hydrogen) atoms. The molecule has 0 spiro atoms. The van der Waals surface area contributed by atoms with Crippen LogP contribution in [0.5, 0.6) is 0 Å². The zero-order valence-electron chi connectivity index (χ0n) is 8.86. The van der Waals surface area contributed by atoms with Gasteiger partial charge in [-0.2, -0.15) is 0 Å². The van der Waals surface area contributed by atoms with Crippen molar-refractivity contribution in [3.05, 3.63) is 0 Å². The summed E-state index contributed by atoms with van der Waals surface area (Å²) >= 11 is 1.51. The molecule has 0 saturated carbocycles. The quantitative estimate of drug-likeness (QED) is 0.269. The Morgan fingerprint density at radius 1 is 1.08 bits per heavy atom. The van der Waals surface area contributed by atoms with Gasteiger partial charge < -0.3 is 9.79 Å². The van der Waals surface area contributed by atoms with E-state index in [2.05, 4.69) is 8.37 Å². The number of carbonyl (C=O) groups is 2. The van der Waals surface area contributed by atoms with Gasteiger partial charge in [0.1, 0.15) is 0 Å². The molecule has 0 fully saturated rings. The second-order valence-corrected chi connectivity index (χ2v) is 3.18. The zero-order valence-corrected chi connectivity index (χ0v) is 11.5. The van der Waals surface area contributed by atoms with E-state index in [1.54, 1.807) is 13.8 Å². The SMILES string of the molecule is CCC(=O)OSSOC(=O)CC.[H-].[Na+]. The van der Waals surface area contributed by atoms with Crippen LogP contribution >= 0.6 is 22.1 Å². The van der Waals surface area contributed by atoms with Gasteiger partial charge in [0.15, 0.2) is 22.1 Å². The van der Waals surface area contributed by atoms with E-state index in [4.69, 9.17) is 0 Å². The van der Waals surface area contributed by atoms with E-state index in [9.17, 15) is 9.59 Å². The fraction of sp³-hybridized carbons (Fsp3) is 0.667. The molecule has 0 unspecified atom stereocenters. The summed E-state index contributed by atoms with van der Waals surface area (Å²) in [7, 11) is 0. The average Bonchev–Trinajstić information content (AvgIpc) is 2.11. The molecule has 7 heteroatoms. The van der Waals surface area contributed by atoms with Crippen LogP contribution in [0.3, 0.4) is 0 Å². The van der Waals surface area contributed by atoms with E-state index < -0.39 is 0 Å². The normalized spacial score (nSPS) is 8.46. The second kappa shape index (κ2) is 10.7. The summed E-state index contributed by atoms with van der Waals surface area (Å²) in [5.74, 6) is -0.667. The number of hydrogen-bond acceptors (Lipinski definition) is 6. The van der Waals surface area contributed by atoms with E-state index in [0.717, 1.165) is 22.1 Å². The van der Waals surface area contributed by atoms with E-state index in [-0.39, 0.29) is 42.9 Å². The van der Waals surface area contributed by atoms with Gasteiger partial charge in [0.05, 0.1) is 0 Å². The molecule has 4 nitrogen and oxygen atoms in total. The van der Waals surface area contributed by atoms with Gasteiger partial charge in [-0.25, -0.2) is 0 Å². The van der Waals surface area contributed by atoms with Crippen LogP contribution in [-0.4, -0.2) is 11.9 Å². The summed E-state index contributed by atoms with van der Waals surface area (Å²) < 4.78 is 9.10. The second-order valence-electron chi connectivity index (χ2n) is 1.75. The van der Waals surface area contributed by atoms with Crippen molar-refractivity contribution in [2.45, 2.75) is 26.7 Å². The van der Waals surface area contributed by atoms with Gasteiger partial charge in [-0.15, -0.1) is 0 Å². The van der Waals surface area contributed by atoms with E-state index in [0.29, 0.717) is 12.8 Å². The molecular weight excluding hydrogens is 223 g/mol. The largest absolute Gasteiger partial charge is 1.00 e. The summed E-state index contributed by atoms with van der Waals surface area (Å²) in [6.07, 6.45) is 0.630. The van der Waals surface area contributed by atoms with E-state index in [1.807, 2.05) is 0 Å². The first-order valence-electron chi connectivity index (χ1n) is 3.44. The Morgan fingerprint density at radius 3 is 1.62 bits per heavy atom. The maximum atomic E-state index is 10.5. The van der Waals surface area contributed by atoms with Crippen molar-refractivity contribution in [1.82, 2.24) is 0 Å². The molecule has 0 aromatic heterocycles. The predicted octanol–water partition coefficient (Wildman–Crippen LogP) is -0.779. The molecule has 0 bridgehead atoms. The van der Waals surface area contributed by atoms with Crippen molar-refractivity contribution in [3.8, 4) is 0 Å². The molecular formula is C6H11NaO4S2. The van der Waals surface area contributed by atoms with E-state index in [1.165, 1.54) is 0 Å². The van der Waals surface area contributed by atoms with Crippen LogP contribution < -0.4 is 29.6 Å². The van der Waals surface area contributed by atoms with Crippen LogP contribution in [0.25, 0.3) is 0 Å². The summed E-state index contributed by atoms with van der Waals surface area (Å²) in [5.41, 5.74) is 0. The molecule has 72 valence electrons. The zero-order chi connectivity index (χ0) is 9.40. The van der Waals surface area contributed by atoms with Crippen molar-refractivity contribution in [2.24, 2.45) is 0 Å². The van der Waals surface area contributed by atoms with E-state index >= 15 is 0 Å². The maximum Gasteiger partial charge on any atom is 1.00 e. The van der Waals surface area contributed by atoms with Crippen LogP contribution in [0.1, 0.15) is 28.1 Å². The van der Waals surface area contributed by atoms with Crippen molar-refractivity contribution in [2.75, 3.05) is 0 Å². The van der Waals surface area contributed by atoms with Gasteiger partial charge in [0, 0.05) is 12.8 Å². The molecule has 0 N–H and O–H groups in total. The standard InChI is InChI=1S/C6H10O4S2.Na.H/c1-3-5(7)9-11-12-10-6(8)4-2;;/h3-4H2,1-2H3;;/q;+1;-1. The van der Waals surface area contributed by atoms with Gasteiger partial charge in [0.25, 0.3) is 0 Å². The van der Waals surface area contributed by atoms with Crippen molar-refractivity contribution in [3.63, 3.8) is 0 Å². The first-order valence-corrected chi connectivity index (χ1v) is 5.44. The average molecular weight is 234 g/mol. The first kappa shape index (κ1) is 16.1. The Bertz CT molecular complexity index is 152. The van der Waals surface area contributed by atoms with Crippen molar-refractivity contribution < 1.29 is 48.9 Å². The number of carbonyl (C=O) groups excluding carboxylic acids is 2. The van der Waals surface area contributed by atoms with Crippen LogP contribution in [-0.2, 0) is 18.0 Å². The summed E-state index contributed by atoms with van der Waals surface area (Å²) in [6, 6.07) is 0. The van der Waals surface area contributed by atoms with Crippen molar-refractivity contribution in [1.29, 1.82) is 0 Å². The molecule has 0 aromatic carbocycles. The summed E-state index contributed by atoms with van der Waals surface area (Å²) in [4.78, 5) is 21.1. The van der Waals surface area contributed by atoms with Gasteiger partial charge in [-0.05, 0) is 0 Å². The molecule has 0 aliphatic carbocycles. The van der Waals surface area contributed by atoms with Gasteiger partial charge in [0.2, 0.25) is 0 Å². The Balaban J connectivity index is -0.000000605. The monoisotopic (exact) mass is 234 g/mol. The molecule has 0 aliphatic rings. The Hall–Kier alpha value is 0.640. The fourth-order valence-corrected chi connectivity index (χ4v) is 1.29. The third-order valence-electron chi connectivity index (χ3n) is 0.859. The number of hydrogen-bond donors (Lipinski definition) is 0. The Labute approximate surface area is 109 Å². The van der Waals surface area contributed by atoms with Crippen molar-refractivity contribution >= 4 is 34.1 Å². The minimum atomic E-state index is -0.333.